The van der Waals surface area contributed by atoms with Crippen LogP contribution < -0.4 is 9.64 Å². The van der Waals surface area contributed by atoms with Crippen LogP contribution in [0, 0.1) is 11.8 Å². The highest BCUT2D eigenvalue weighted by molar-refractivity contribution is 5.66. The van der Waals surface area contributed by atoms with Gasteiger partial charge in [0.1, 0.15) is 5.75 Å². The number of rotatable bonds is 7. The number of ether oxygens (including phenoxy) is 2. The maximum Gasteiger partial charge on any atom is 0.391 e. The molecule has 0 radical (unpaired) electrons. The average molecular weight is 416 g/mol. The molecule has 2 aliphatic rings. The Morgan fingerprint density at radius 3 is 2.72 bits per heavy atom. The molecule has 1 atom stereocenters. The van der Waals surface area contributed by atoms with Gasteiger partial charge in [0.05, 0.1) is 43.3 Å². The molecule has 3 rings (SSSR count). The van der Waals surface area contributed by atoms with E-state index in [2.05, 4.69) is 9.88 Å². The van der Waals surface area contributed by atoms with E-state index in [1.807, 2.05) is 6.07 Å². The summed E-state index contributed by atoms with van der Waals surface area (Å²) in [5.41, 5.74) is 0.868. The minimum Gasteiger partial charge on any atom is -0.492 e. The summed E-state index contributed by atoms with van der Waals surface area (Å²) >= 11 is 0. The summed E-state index contributed by atoms with van der Waals surface area (Å²) in [6, 6.07) is 1.87. The highest BCUT2D eigenvalue weighted by atomic mass is 19.4. The van der Waals surface area contributed by atoms with Gasteiger partial charge in [-0.2, -0.15) is 13.2 Å². The molecule has 0 spiro atoms. The predicted octanol–water partition coefficient (Wildman–Crippen LogP) is 3.90. The largest absolute Gasteiger partial charge is 0.492 e. The van der Waals surface area contributed by atoms with Crippen LogP contribution >= 0.6 is 0 Å². The number of hydrogen-bond donors (Lipinski definition) is 1. The summed E-state index contributed by atoms with van der Waals surface area (Å²) in [5.74, 6) is -1.30. The first-order valence-corrected chi connectivity index (χ1v) is 10.0. The van der Waals surface area contributed by atoms with Crippen molar-refractivity contribution in [3.05, 3.63) is 18.5 Å². The average Bonchev–Trinajstić information content (AvgIpc) is 2.71. The normalized spacial score (nSPS) is 25.6. The summed E-state index contributed by atoms with van der Waals surface area (Å²) in [6.45, 7) is 2.16. The summed E-state index contributed by atoms with van der Waals surface area (Å²) in [4.78, 5) is 17.1. The number of aromatic nitrogens is 1. The highest BCUT2D eigenvalue weighted by Gasteiger charge is 2.41. The molecule has 0 bridgehead atoms. The van der Waals surface area contributed by atoms with Gasteiger partial charge in [0.15, 0.2) is 0 Å². The Balaban J connectivity index is 1.49. The van der Waals surface area contributed by atoms with E-state index < -0.39 is 18.1 Å². The van der Waals surface area contributed by atoms with E-state index in [0.29, 0.717) is 51.3 Å². The SMILES string of the molecule is O=C(O)CC[C@H]1CN(c2cncc(OC[C@H]3CC[C@H](C(F)(F)F)CC3)c2)CCO1. The second-order valence-electron chi connectivity index (χ2n) is 7.82. The predicted molar refractivity (Wildman–Crippen MR) is 100 cm³/mol. The maximum atomic E-state index is 12.8. The van der Waals surface area contributed by atoms with E-state index >= 15 is 0 Å². The third kappa shape index (κ3) is 6.48. The summed E-state index contributed by atoms with van der Waals surface area (Å²) in [6.07, 6.45) is 0.986. The van der Waals surface area contributed by atoms with Crippen molar-refractivity contribution in [3.8, 4) is 5.75 Å². The molecule has 0 aromatic carbocycles. The van der Waals surface area contributed by atoms with Gasteiger partial charge in [0.25, 0.3) is 0 Å². The number of nitrogens with zero attached hydrogens (tertiary/aromatic N) is 2. The first kappa shape index (κ1) is 21.7. The van der Waals surface area contributed by atoms with E-state index in [1.54, 1.807) is 12.4 Å². The molecule has 2 fully saturated rings. The fraction of sp³-hybridized carbons (Fsp3) is 0.700. The van der Waals surface area contributed by atoms with Gasteiger partial charge in [-0.15, -0.1) is 0 Å². The summed E-state index contributed by atoms with van der Waals surface area (Å²) in [7, 11) is 0. The Morgan fingerprint density at radius 1 is 1.28 bits per heavy atom. The maximum absolute atomic E-state index is 12.8. The zero-order valence-corrected chi connectivity index (χ0v) is 16.2. The van der Waals surface area contributed by atoms with E-state index in [1.165, 1.54) is 0 Å². The number of pyridine rings is 1. The third-order valence-corrected chi connectivity index (χ3v) is 5.68. The lowest BCUT2D eigenvalue weighted by molar-refractivity contribution is -0.184. The van der Waals surface area contributed by atoms with E-state index in [-0.39, 0.29) is 31.3 Å². The van der Waals surface area contributed by atoms with Crippen molar-refractivity contribution in [2.45, 2.75) is 50.8 Å². The number of anilines is 1. The van der Waals surface area contributed by atoms with Gasteiger partial charge in [-0.05, 0) is 38.0 Å². The van der Waals surface area contributed by atoms with Crippen LogP contribution in [0.3, 0.4) is 0 Å². The number of carbonyl (C=O) groups is 1. The molecule has 1 aliphatic carbocycles. The molecular formula is C20H27F3N2O4. The van der Waals surface area contributed by atoms with E-state index in [4.69, 9.17) is 14.6 Å². The first-order chi connectivity index (χ1) is 13.8. The third-order valence-electron chi connectivity index (χ3n) is 5.68. The molecule has 1 aromatic rings. The number of halogens is 3. The van der Waals surface area contributed by atoms with Gasteiger partial charge in [-0.3, -0.25) is 9.78 Å². The van der Waals surface area contributed by atoms with Gasteiger partial charge < -0.3 is 19.5 Å². The molecule has 1 N–H and O–H groups in total. The molecule has 9 heteroatoms. The lowest BCUT2D eigenvalue weighted by Crippen LogP contribution is -2.42. The monoisotopic (exact) mass is 416 g/mol. The van der Waals surface area contributed by atoms with Crippen LogP contribution in [0.15, 0.2) is 18.5 Å². The fourth-order valence-corrected chi connectivity index (χ4v) is 3.94. The second-order valence-corrected chi connectivity index (χ2v) is 7.82. The smallest absolute Gasteiger partial charge is 0.391 e. The van der Waals surface area contributed by atoms with Crippen molar-refractivity contribution in [1.82, 2.24) is 4.98 Å². The van der Waals surface area contributed by atoms with Gasteiger partial charge in [-0.1, -0.05) is 0 Å². The molecule has 1 saturated carbocycles. The van der Waals surface area contributed by atoms with Crippen LogP contribution in [0.4, 0.5) is 18.9 Å². The van der Waals surface area contributed by atoms with Crippen molar-refractivity contribution >= 4 is 11.7 Å². The molecule has 1 saturated heterocycles. The Hall–Kier alpha value is -2.03. The molecule has 1 aromatic heterocycles. The summed E-state index contributed by atoms with van der Waals surface area (Å²) in [5, 5.41) is 8.83. The molecule has 0 amide bonds. The van der Waals surface area contributed by atoms with Gasteiger partial charge >= 0.3 is 12.1 Å². The Kier molecular flexibility index (Phi) is 7.21. The van der Waals surface area contributed by atoms with Gasteiger partial charge in [-0.25, -0.2) is 0 Å². The Morgan fingerprint density at radius 2 is 2.03 bits per heavy atom. The van der Waals surface area contributed by atoms with Crippen LogP contribution in [0.1, 0.15) is 38.5 Å². The number of carboxylic acids is 1. The molecular weight excluding hydrogens is 389 g/mol. The first-order valence-electron chi connectivity index (χ1n) is 10.0. The standard InChI is InChI=1S/C20H27F3N2O4/c21-20(22,23)15-3-1-14(2-4-15)13-29-18-9-16(10-24-11-18)25-7-8-28-17(12-25)5-6-19(26)27/h9-11,14-15,17H,1-8,12-13H2,(H,26,27)/t14-,15-,17-/m0/s1. The van der Waals surface area contributed by atoms with Crippen LogP contribution in [0.25, 0.3) is 0 Å². The number of morpholine rings is 1. The lowest BCUT2D eigenvalue weighted by Gasteiger charge is -2.34. The van der Waals surface area contributed by atoms with Crippen LogP contribution in [0.5, 0.6) is 5.75 Å². The number of hydrogen-bond acceptors (Lipinski definition) is 5. The quantitative estimate of drug-likeness (QED) is 0.727. The molecule has 6 nitrogen and oxygen atoms in total. The Labute approximate surface area is 168 Å². The molecule has 2 heterocycles. The van der Waals surface area contributed by atoms with Gasteiger partial charge in [0.2, 0.25) is 0 Å². The summed E-state index contributed by atoms with van der Waals surface area (Å²) < 4.78 is 49.8. The zero-order chi connectivity index (χ0) is 20.9. The zero-order valence-electron chi connectivity index (χ0n) is 16.2. The highest BCUT2D eigenvalue weighted by Crippen LogP contribution is 2.39. The van der Waals surface area contributed by atoms with Crippen LogP contribution in [-0.4, -0.2) is 54.6 Å². The molecule has 1 aliphatic heterocycles. The molecule has 0 unspecified atom stereocenters. The lowest BCUT2D eigenvalue weighted by atomic mass is 9.82. The molecule has 162 valence electrons. The second kappa shape index (κ2) is 9.65. The number of alkyl halides is 3. The van der Waals surface area contributed by atoms with Crippen molar-refractivity contribution in [2.75, 3.05) is 31.2 Å². The molecule has 29 heavy (non-hydrogen) atoms. The van der Waals surface area contributed by atoms with Crippen molar-refractivity contribution < 1.29 is 32.5 Å². The van der Waals surface area contributed by atoms with Crippen molar-refractivity contribution in [3.63, 3.8) is 0 Å². The van der Waals surface area contributed by atoms with Crippen LogP contribution in [-0.2, 0) is 9.53 Å². The minimum absolute atomic E-state index is 0.0660. The number of carboxylic acid groups (broad SMARTS) is 1. The van der Waals surface area contributed by atoms with Crippen molar-refractivity contribution in [1.29, 1.82) is 0 Å². The van der Waals surface area contributed by atoms with Crippen molar-refractivity contribution in [2.24, 2.45) is 11.8 Å². The number of aliphatic carboxylic acids is 1. The minimum atomic E-state index is -4.09. The van der Waals surface area contributed by atoms with E-state index in [9.17, 15) is 18.0 Å². The Bertz CT molecular complexity index is 678. The van der Waals surface area contributed by atoms with Crippen LogP contribution in [0.2, 0.25) is 0 Å². The fourth-order valence-electron chi connectivity index (χ4n) is 3.94. The van der Waals surface area contributed by atoms with E-state index in [0.717, 1.165) is 5.69 Å². The topological polar surface area (TPSA) is 71.9 Å². The van der Waals surface area contributed by atoms with Gasteiger partial charge in [0, 0.05) is 25.6 Å².